The second-order valence-corrected chi connectivity index (χ2v) is 5.76. The number of nitrogens with zero attached hydrogens (tertiary/aromatic N) is 1. The molecule has 2 N–H and O–H groups in total. The maximum atomic E-state index is 11.2. The molecule has 0 aromatic rings. The van der Waals surface area contributed by atoms with Gasteiger partial charge in [-0.1, -0.05) is 32.6 Å². The summed E-state index contributed by atoms with van der Waals surface area (Å²) in [5.74, 6) is -0.720. The van der Waals surface area contributed by atoms with Crippen molar-refractivity contribution in [2.24, 2.45) is 0 Å². The van der Waals surface area contributed by atoms with Crippen LogP contribution in [-0.2, 0) is 4.79 Å². The van der Waals surface area contributed by atoms with Gasteiger partial charge in [-0.05, 0) is 39.3 Å². The number of hydrogen-bond donors (Lipinski definition) is 2. The molecular weight excluding hydrogens is 240 g/mol. The standard InChI is InChI=1S/C15H30N2O2/c1-3-11-16-14(15(18)19)10-12-17(2)13-8-6-4-5-7-9-13/h13-14,16H,3-12H2,1-2H3,(H,18,19). The molecule has 4 nitrogen and oxygen atoms in total. The zero-order valence-corrected chi connectivity index (χ0v) is 12.5. The topological polar surface area (TPSA) is 52.6 Å². The van der Waals surface area contributed by atoms with Crippen molar-refractivity contribution in [3.63, 3.8) is 0 Å². The van der Waals surface area contributed by atoms with E-state index in [-0.39, 0.29) is 0 Å². The number of rotatable bonds is 8. The highest BCUT2D eigenvalue weighted by atomic mass is 16.4. The van der Waals surface area contributed by atoms with Gasteiger partial charge in [0, 0.05) is 12.6 Å². The molecule has 1 saturated carbocycles. The number of nitrogens with one attached hydrogen (secondary N) is 1. The number of hydrogen-bond acceptors (Lipinski definition) is 3. The second-order valence-electron chi connectivity index (χ2n) is 5.76. The Morgan fingerprint density at radius 3 is 2.47 bits per heavy atom. The van der Waals surface area contributed by atoms with E-state index in [4.69, 9.17) is 0 Å². The van der Waals surface area contributed by atoms with Crippen LogP contribution in [0.5, 0.6) is 0 Å². The molecule has 1 atom stereocenters. The van der Waals surface area contributed by atoms with E-state index < -0.39 is 12.0 Å². The average molecular weight is 270 g/mol. The SMILES string of the molecule is CCCNC(CCN(C)C1CCCCCC1)C(=O)O. The van der Waals surface area contributed by atoms with Crippen LogP contribution in [-0.4, -0.2) is 48.2 Å². The van der Waals surface area contributed by atoms with E-state index in [1.807, 2.05) is 0 Å². The summed E-state index contributed by atoms with van der Waals surface area (Å²) in [5.41, 5.74) is 0. The van der Waals surface area contributed by atoms with Gasteiger partial charge >= 0.3 is 5.97 Å². The van der Waals surface area contributed by atoms with Crippen molar-refractivity contribution >= 4 is 5.97 Å². The lowest BCUT2D eigenvalue weighted by Crippen LogP contribution is -2.41. The first kappa shape index (κ1) is 16.4. The average Bonchev–Trinajstić information content (AvgIpc) is 2.67. The van der Waals surface area contributed by atoms with E-state index >= 15 is 0 Å². The Labute approximate surface area is 117 Å². The molecule has 112 valence electrons. The van der Waals surface area contributed by atoms with Gasteiger partial charge in [0.25, 0.3) is 0 Å². The molecule has 0 radical (unpaired) electrons. The lowest BCUT2D eigenvalue weighted by molar-refractivity contribution is -0.139. The Bertz CT molecular complexity index is 251. The minimum absolute atomic E-state index is 0.395. The van der Waals surface area contributed by atoms with E-state index in [1.54, 1.807) is 0 Å². The monoisotopic (exact) mass is 270 g/mol. The predicted molar refractivity (Wildman–Crippen MR) is 78.5 cm³/mol. The van der Waals surface area contributed by atoms with Crippen LogP contribution in [0, 0.1) is 0 Å². The minimum atomic E-state index is -0.720. The Balaban J connectivity index is 2.32. The highest BCUT2D eigenvalue weighted by Gasteiger charge is 2.20. The normalized spacial score (nSPS) is 19.3. The van der Waals surface area contributed by atoms with Gasteiger partial charge in [0.1, 0.15) is 6.04 Å². The fourth-order valence-corrected chi connectivity index (χ4v) is 2.85. The van der Waals surface area contributed by atoms with Crippen molar-refractivity contribution in [3.8, 4) is 0 Å². The smallest absolute Gasteiger partial charge is 0.320 e. The van der Waals surface area contributed by atoms with Gasteiger partial charge < -0.3 is 15.3 Å². The summed E-state index contributed by atoms with van der Waals surface area (Å²) in [6.07, 6.45) is 9.59. The lowest BCUT2D eigenvalue weighted by Gasteiger charge is -2.28. The third-order valence-corrected chi connectivity index (χ3v) is 4.16. The highest BCUT2D eigenvalue weighted by Crippen LogP contribution is 2.21. The molecule has 0 bridgehead atoms. The number of carboxylic acid groups (broad SMARTS) is 1. The third kappa shape index (κ3) is 6.39. The van der Waals surface area contributed by atoms with Crippen LogP contribution in [0.1, 0.15) is 58.3 Å². The molecule has 0 amide bonds. The minimum Gasteiger partial charge on any atom is -0.480 e. The molecule has 1 aliphatic rings. The zero-order chi connectivity index (χ0) is 14.1. The van der Waals surface area contributed by atoms with E-state index in [1.165, 1.54) is 38.5 Å². The van der Waals surface area contributed by atoms with Gasteiger partial charge in [0.05, 0.1) is 0 Å². The molecule has 4 heteroatoms. The molecule has 1 rings (SSSR count). The van der Waals surface area contributed by atoms with Gasteiger partial charge in [-0.15, -0.1) is 0 Å². The van der Waals surface area contributed by atoms with E-state index in [9.17, 15) is 9.90 Å². The van der Waals surface area contributed by atoms with Crippen molar-refractivity contribution in [2.45, 2.75) is 70.4 Å². The van der Waals surface area contributed by atoms with Crippen LogP contribution < -0.4 is 5.32 Å². The van der Waals surface area contributed by atoms with Crippen LogP contribution in [0.2, 0.25) is 0 Å². The molecule has 19 heavy (non-hydrogen) atoms. The summed E-state index contributed by atoms with van der Waals surface area (Å²) >= 11 is 0. The summed E-state index contributed by atoms with van der Waals surface area (Å²) in [6.45, 7) is 3.71. The second kappa shape index (κ2) is 9.32. The maximum Gasteiger partial charge on any atom is 0.320 e. The van der Waals surface area contributed by atoms with Gasteiger partial charge in [-0.2, -0.15) is 0 Å². The summed E-state index contributed by atoms with van der Waals surface area (Å²) in [6, 6.07) is 0.260. The lowest BCUT2D eigenvalue weighted by atomic mass is 10.1. The summed E-state index contributed by atoms with van der Waals surface area (Å²) in [5, 5.41) is 12.3. The fourth-order valence-electron chi connectivity index (χ4n) is 2.85. The predicted octanol–water partition coefficient (Wildman–Crippen LogP) is 2.48. The van der Waals surface area contributed by atoms with Crippen molar-refractivity contribution in [2.75, 3.05) is 20.1 Å². The van der Waals surface area contributed by atoms with Crippen molar-refractivity contribution in [3.05, 3.63) is 0 Å². The van der Waals surface area contributed by atoms with Crippen LogP contribution in [0.15, 0.2) is 0 Å². The van der Waals surface area contributed by atoms with Gasteiger partial charge in [0.2, 0.25) is 0 Å². The molecular formula is C15H30N2O2. The summed E-state index contributed by atoms with van der Waals surface area (Å²) in [4.78, 5) is 13.5. The number of carbonyl (C=O) groups is 1. The Morgan fingerprint density at radius 1 is 1.32 bits per heavy atom. The van der Waals surface area contributed by atoms with Crippen molar-refractivity contribution < 1.29 is 9.90 Å². The van der Waals surface area contributed by atoms with Gasteiger partial charge in [-0.3, -0.25) is 4.79 Å². The molecule has 0 saturated heterocycles. The largest absolute Gasteiger partial charge is 0.480 e. The molecule has 0 heterocycles. The maximum absolute atomic E-state index is 11.2. The summed E-state index contributed by atoms with van der Waals surface area (Å²) < 4.78 is 0. The molecule has 1 aliphatic carbocycles. The van der Waals surface area contributed by atoms with Gasteiger partial charge in [-0.25, -0.2) is 0 Å². The van der Waals surface area contributed by atoms with E-state index in [0.29, 0.717) is 12.5 Å². The highest BCUT2D eigenvalue weighted by molar-refractivity contribution is 5.73. The Kier molecular flexibility index (Phi) is 8.07. The van der Waals surface area contributed by atoms with E-state index in [2.05, 4.69) is 24.2 Å². The van der Waals surface area contributed by atoms with E-state index in [0.717, 1.165) is 19.5 Å². The molecule has 0 aromatic carbocycles. The quantitative estimate of drug-likeness (QED) is 0.665. The van der Waals surface area contributed by atoms with Crippen LogP contribution in [0.25, 0.3) is 0 Å². The van der Waals surface area contributed by atoms with Crippen LogP contribution >= 0.6 is 0 Å². The first-order valence-corrected chi connectivity index (χ1v) is 7.81. The fraction of sp³-hybridized carbons (Fsp3) is 0.933. The third-order valence-electron chi connectivity index (χ3n) is 4.16. The van der Waals surface area contributed by atoms with Crippen molar-refractivity contribution in [1.29, 1.82) is 0 Å². The number of carboxylic acids is 1. The van der Waals surface area contributed by atoms with Crippen molar-refractivity contribution in [1.82, 2.24) is 10.2 Å². The molecule has 1 fully saturated rings. The zero-order valence-electron chi connectivity index (χ0n) is 12.5. The number of aliphatic carboxylic acids is 1. The molecule has 0 spiro atoms. The first-order valence-electron chi connectivity index (χ1n) is 7.81. The van der Waals surface area contributed by atoms with Gasteiger partial charge in [0.15, 0.2) is 0 Å². The van der Waals surface area contributed by atoms with Crippen LogP contribution in [0.4, 0.5) is 0 Å². The molecule has 0 aliphatic heterocycles. The molecule has 0 aromatic heterocycles. The Morgan fingerprint density at radius 2 is 1.95 bits per heavy atom. The molecule has 1 unspecified atom stereocenters. The van der Waals surface area contributed by atoms with Crippen LogP contribution in [0.3, 0.4) is 0 Å². The Hall–Kier alpha value is -0.610. The summed E-state index contributed by atoms with van der Waals surface area (Å²) in [7, 11) is 2.15. The first-order chi connectivity index (χ1) is 9.15.